The summed E-state index contributed by atoms with van der Waals surface area (Å²) in [5.41, 5.74) is 4.21. The summed E-state index contributed by atoms with van der Waals surface area (Å²) in [6.45, 7) is 2.42. The molecule has 5 rings (SSSR count). The predicted octanol–water partition coefficient (Wildman–Crippen LogP) is 4.42. The number of para-hydroxylation sites is 1. The molecule has 8 heteroatoms. The fourth-order valence-electron chi connectivity index (χ4n) is 4.26. The van der Waals surface area contributed by atoms with Gasteiger partial charge in [0.2, 0.25) is 11.8 Å². The molecule has 2 heterocycles. The van der Waals surface area contributed by atoms with Gasteiger partial charge in [-0.2, -0.15) is 0 Å². The van der Waals surface area contributed by atoms with E-state index in [1.807, 2.05) is 85.8 Å². The summed E-state index contributed by atoms with van der Waals surface area (Å²) in [4.78, 5) is 29.2. The van der Waals surface area contributed by atoms with Crippen molar-refractivity contribution in [1.29, 1.82) is 0 Å². The largest absolute Gasteiger partial charge is 0.467 e. The summed E-state index contributed by atoms with van der Waals surface area (Å²) in [5, 5.41) is 11.3. The molecule has 0 spiro atoms. The summed E-state index contributed by atoms with van der Waals surface area (Å²) in [5.74, 6) is 0.0791. The van der Waals surface area contributed by atoms with E-state index in [0.717, 1.165) is 16.6 Å². The molecule has 1 atom stereocenters. The van der Waals surface area contributed by atoms with Crippen LogP contribution in [0.3, 0.4) is 0 Å². The van der Waals surface area contributed by atoms with Crippen molar-refractivity contribution in [2.45, 2.75) is 32.6 Å². The van der Waals surface area contributed by atoms with Crippen LogP contribution in [0.15, 0.2) is 102 Å². The molecule has 8 nitrogen and oxygen atoms in total. The van der Waals surface area contributed by atoms with E-state index in [9.17, 15) is 9.59 Å². The monoisotopic (exact) mass is 493 g/mol. The molecule has 0 bridgehead atoms. The SMILES string of the molecule is Cc1ccc(CN(C(=O)Cn2nnc3ccccc32)[C@H](C(=O)NCc2ccco2)c2ccccc2)cc1. The number of benzene rings is 3. The molecule has 1 N–H and O–H groups in total. The second-order valence-corrected chi connectivity index (χ2v) is 8.85. The Kier molecular flexibility index (Phi) is 7.07. The number of carbonyl (C=O) groups is 2. The number of amides is 2. The number of aryl methyl sites for hydroxylation is 1. The molecule has 5 aromatic rings. The third kappa shape index (κ3) is 5.59. The average molecular weight is 494 g/mol. The second-order valence-electron chi connectivity index (χ2n) is 8.85. The lowest BCUT2D eigenvalue weighted by molar-refractivity contribution is -0.142. The van der Waals surface area contributed by atoms with Crippen LogP contribution in [0, 0.1) is 6.92 Å². The number of rotatable bonds is 9. The molecule has 0 fully saturated rings. The van der Waals surface area contributed by atoms with E-state index in [2.05, 4.69) is 15.6 Å². The minimum absolute atomic E-state index is 0.0544. The topological polar surface area (TPSA) is 93.3 Å². The minimum atomic E-state index is -0.861. The first-order valence-corrected chi connectivity index (χ1v) is 12.1. The summed E-state index contributed by atoms with van der Waals surface area (Å²) in [6.07, 6.45) is 1.56. The summed E-state index contributed by atoms with van der Waals surface area (Å²) < 4.78 is 6.95. The Morgan fingerprint density at radius 3 is 2.46 bits per heavy atom. The highest BCUT2D eigenvalue weighted by Crippen LogP contribution is 2.25. The van der Waals surface area contributed by atoms with Crippen LogP contribution >= 0.6 is 0 Å². The van der Waals surface area contributed by atoms with Crippen molar-refractivity contribution in [1.82, 2.24) is 25.2 Å². The Bertz CT molecular complexity index is 1480. The maximum absolute atomic E-state index is 13.9. The van der Waals surface area contributed by atoms with Crippen LogP contribution in [0.25, 0.3) is 11.0 Å². The van der Waals surface area contributed by atoms with Crippen LogP contribution in [-0.2, 0) is 29.2 Å². The molecule has 2 aromatic heterocycles. The zero-order chi connectivity index (χ0) is 25.6. The van der Waals surface area contributed by atoms with E-state index in [1.54, 1.807) is 28.0 Å². The van der Waals surface area contributed by atoms with E-state index in [0.29, 0.717) is 16.8 Å². The van der Waals surface area contributed by atoms with Gasteiger partial charge in [0, 0.05) is 6.54 Å². The van der Waals surface area contributed by atoms with Gasteiger partial charge in [-0.1, -0.05) is 77.5 Å². The Morgan fingerprint density at radius 1 is 0.946 bits per heavy atom. The van der Waals surface area contributed by atoms with Gasteiger partial charge >= 0.3 is 0 Å². The van der Waals surface area contributed by atoms with Crippen molar-refractivity contribution in [3.8, 4) is 0 Å². The molecule has 0 aliphatic carbocycles. The lowest BCUT2D eigenvalue weighted by atomic mass is 10.0. The molecule has 37 heavy (non-hydrogen) atoms. The molecule has 0 unspecified atom stereocenters. The van der Waals surface area contributed by atoms with Crippen LogP contribution < -0.4 is 5.32 Å². The van der Waals surface area contributed by atoms with E-state index < -0.39 is 6.04 Å². The fraction of sp³-hybridized carbons (Fsp3) is 0.172. The third-order valence-electron chi connectivity index (χ3n) is 6.19. The van der Waals surface area contributed by atoms with E-state index in [4.69, 9.17) is 4.42 Å². The van der Waals surface area contributed by atoms with Crippen molar-refractivity contribution in [2.24, 2.45) is 0 Å². The summed E-state index contributed by atoms with van der Waals surface area (Å²) in [6, 6.07) is 27.5. The van der Waals surface area contributed by atoms with Gasteiger partial charge in [0.15, 0.2) is 0 Å². The van der Waals surface area contributed by atoms with E-state index in [1.165, 1.54) is 0 Å². The lowest BCUT2D eigenvalue weighted by Gasteiger charge is -2.31. The van der Waals surface area contributed by atoms with Crippen LogP contribution in [0.2, 0.25) is 0 Å². The molecule has 0 saturated heterocycles. The van der Waals surface area contributed by atoms with Gasteiger partial charge < -0.3 is 14.6 Å². The Morgan fingerprint density at radius 2 is 1.70 bits per heavy atom. The average Bonchev–Trinajstić information content (AvgIpc) is 3.59. The number of aromatic nitrogens is 3. The maximum atomic E-state index is 13.9. The summed E-state index contributed by atoms with van der Waals surface area (Å²) >= 11 is 0. The van der Waals surface area contributed by atoms with Gasteiger partial charge in [0.05, 0.1) is 18.3 Å². The predicted molar refractivity (Wildman–Crippen MR) is 139 cm³/mol. The van der Waals surface area contributed by atoms with Gasteiger partial charge in [-0.15, -0.1) is 5.10 Å². The van der Waals surface area contributed by atoms with Gasteiger partial charge in [0.25, 0.3) is 0 Å². The van der Waals surface area contributed by atoms with Crippen molar-refractivity contribution < 1.29 is 14.0 Å². The van der Waals surface area contributed by atoms with Crippen LogP contribution in [0.5, 0.6) is 0 Å². The maximum Gasteiger partial charge on any atom is 0.247 e. The molecule has 0 saturated carbocycles. The molecular formula is C29H27N5O3. The first-order chi connectivity index (χ1) is 18.1. The van der Waals surface area contributed by atoms with Crippen LogP contribution in [0.1, 0.15) is 28.5 Å². The van der Waals surface area contributed by atoms with Gasteiger partial charge in [-0.3, -0.25) is 9.59 Å². The number of hydrogen-bond donors (Lipinski definition) is 1. The van der Waals surface area contributed by atoms with Crippen molar-refractivity contribution in [3.63, 3.8) is 0 Å². The highest BCUT2D eigenvalue weighted by atomic mass is 16.3. The van der Waals surface area contributed by atoms with Crippen molar-refractivity contribution in [3.05, 3.63) is 120 Å². The van der Waals surface area contributed by atoms with Gasteiger partial charge in [-0.05, 0) is 42.3 Å². The lowest BCUT2D eigenvalue weighted by Crippen LogP contribution is -2.44. The van der Waals surface area contributed by atoms with Crippen LogP contribution in [0.4, 0.5) is 0 Å². The highest BCUT2D eigenvalue weighted by Gasteiger charge is 2.32. The Labute approximate surface area is 214 Å². The molecule has 3 aromatic carbocycles. The molecule has 186 valence electrons. The van der Waals surface area contributed by atoms with Crippen molar-refractivity contribution >= 4 is 22.8 Å². The Hall–Kier alpha value is -4.72. The normalized spacial score (nSPS) is 11.8. The highest BCUT2D eigenvalue weighted by molar-refractivity contribution is 5.89. The van der Waals surface area contributed by atoms with E-state index in [-0.39, 0.29) is 31.4 Å². The molecule has 0 radical (unpaired) electrons. The van der Waals surface area contributed by atoms with Crippen LogP contribution in [-0.4, -0.2) is 31.7 Å². The molecule has 0 aliphatic heterocycles. The van der Waals surface area contributed by atoms with Gasteiger partial charge in [0.1, 0.15) is 23.9 Å². The molecule has 0 aliphatic rings. The van der Waals surface area contributed by atoms with Crippen molar-refractivity contribution in [2.75, 3.05) is 0 Å². The number of nitrogens with one attached hydrogen (secondary N) is 1. The quantitative estimate of drug-likeness (QED) is 0.328. The first kappa shape index (κ1) is 24.0. The number of fused-ring (bicyclic) bond motifs is 1. The standard InChI is InChI=1S/C29H27N5O3/c1-21-13-15-22(16-14-21)19-33(27(35)20-34-26-12-6-5-11-25(26)31-32-34)28(23-8-3-2-4-9-23)29(36)30-18-24-10-7-17-37-24/h2-17,28H,18-20H2,1H3,(H,30,36)/t28-/m0/s1. The Balaban J connectivity index is 1.50. The number of hydrogen-bond acceptors (Lipinski definition) is 5. The summed E-state index contributed by atoms with van der Waals surface area (Å²) in [7, 11) is 0. The minimum Gasteiger partial charge on any atom is -0.467 e. The fourth-order valence-corrected chi connectivity index (χ4v) is 4.26. The number of nitrogens with zero attached hydrogens (tertiary/aromatic N) is 4. The molecular weight excluding hydrogens is 466 g/mol. The molecule has 2 amide bonds. The second kappa shape index (κ2) is 10.9. The smallest absolute Gasteiger partial charge is 0.247 e. The first-order valence-electron chi connectivity index (χ1n) is 12.1. The van der Waals surface area contributed by atoms with Gasteiger partial charge in [-0.25, -0.2) is 4.68 Å². The number of carbonyl (C=O) groups excluding carboxylic acids is 2. The zero-order valence-electron chi connectivity index (χ0n) is 20.4. The zero-order valence-corrected chi connectivity index (χ0v) is 20.4. The van der Waals surface area contributed by atoms with E-state index >= 15 is 0 Å². The number of furan rings is 1. The third-order valence-corrected chi connectivity index (χ3v) is 6.19.